The predicted molar refractivity (Wildman–Crippen MR) is 83.5 cm³/mol. The van der Waals surface area contributed by atoms with E-state index in [-0.39, 0.29) is 6.04 Å². The van der Waals surface area contributed by atoms with Gasteiger partial charge in [-0.2, -0.15) is 0 Å². The molecule has 108 valence electrons. The second-order valence-electron chi connectivity index (χ2n) is 5.01. The molecular weight excluding hydrogens is 308 g/mol. The Morgan fingerprint density at radius 2 is 2.38 bits per heavy atom. The van der Waals surface area contributed by atoms with Crippen molar-refractivity contribution >= 4 is 33.0 Å². The molecule has 3 aromatic rings. The number of fused-ring (bicyclic) bond motifs is 2. The van der Waals surface area contributed by atoms with Gasteiger partial charge in [-0.1, -0.05) is 35.1 Å². The van der Waals surface area contributed by atoms with Crippen LogP contribution in [0.1, 0.15) is 23.7 Å². The molecule has 2 aromatic heterocycles. The summed E-state index contributed by atoms with van der Waals surface area (Å²) in [4.78, 5) is 5.32. The third-order valence-corrected chi connectivity index (χ3v) is 4.64. The van der Waals surface area contributed by atoms with Crippen molar-refractivity contribution in [3.63, 3.8) is 0 Å². The maximum Gasteiger partial charge on any atom is 0.214 e. The Kier molecular flexibility index (Phi) is 3.01. The van der Waals surface area contributed by atoms with Crippen LogP contribution in [-0.2, 0) is 0 Å². The molecule has 1 N–H and O–H groups in total. The number of nitrogens with zero attached hydrogens (tertiary/aromatic N) is 3. The first kappa shape index (κ1) is 12.9. The maximum absolute atomic E-state index is 6.19. The molecule has 5 nitrogen and oxygen atoms in total. The van der Waals surface area contributed by atoms with Gasteiger partial charge >= 0.3 is 0 Å². The molecule has 0 bridgehead atoms. The second kappa shape index (κ2) is 4.89. The summed E-state index contributed by atoms with van der Waals surface area (Å²) in [7, 11) is 0. The van der Waals surface area contributed by atoms with Crippen LogP contribution in [0, 0.1) is 6.92 Å². The predicted octanol–water partition coefficient (Wildman–Crippen LogP) is 3.69. The first-order valence-corrected chi connectivity index (χ1v) is 7.91. The number of aryl methyl sites for hydroxylation is 1. The van der Waals surface area contributed by atoms with Gasteiger partial charge in [0.2, 0.25) is 10.1 Å². The number of aromatic nitrogens is 3. The van der Waals surface area contributed by atoms with Gasteiger partial charge in [-0.15, -0.1) is 5.10 Å². The van der Waals surface area contributed by atoms with Gasteiger partial charge < -0.3 is 10.1 Å². The summed E-state index contributed by atoms with van der Waals surface area (Å²) in [6.45, 7) is 2.61. The molecule has 0 amide bonds. The lowest BCUT2D eigenvalue weighted by molar-refractivity contribution is 0.274. The molecule has 0 saturated carbocycles. The molecule has 4 rings (SSSR count). The highest BCUT2D eigenvalue weighted by Gasteiger charge is 2.24. The van der Waals surface area contributed by atoms with Gasteiger partial charge in [-0.25, -0.2) is 9.50 Å². The van der Waals surface area contributed by atoms with Crippen LogP contribution in [0.2, 0.25) is 5.02 Å². The van der Waals surface area contributed by atoms with Crippen molar-refractivity contribution in [3.8, 4) is 5.75 Å². The van der Waals surface area contributed by atoms with Crippen LogP contribution in [-0.4, -0.2) is 21.2 Å². The largest absolute Gasteiger partial charge is 0.492 e. The minimum Gasteiger partial charge on any atom is -0.492 e. The highest BCUT2D eigenvalue weighted by atomic mass is 35.5. The Labute approximate surface area is 130 Å². The van der Waals surface area contributed by atoms with E-state index < -0.39 is 0 Å². The van der Waals surface area contributed by atoms with E-state index in [1.807, 2.05) is 31.3 Å². The fraction of sp³-hybridized carbons (Fsp3) is 0.286. The number of hydrogen-bond donors (Lipinski definition) is 1. The summed E-state index contributed by atoms with van der Waals surface area (Å²) >= 11 is 7.74. The van der Waals surface area contributed by atoms with Crippen LogP contribution >= 0.6 is 22.9 Å². The molecule has 3 heterocycles. The lowest BCUT2D eigenvalue weighted by Gasteiger charge is -2.26. The van der Waals surface area contributed by atoms with Crippen molar-refractivity contribution in [2.24, 2.45) is 0 Å². The maximum atomic E-state index is 6.19. The van der Waals surface area contributed by atoms with Crippen molar-refractivity contribution in [3.05, 3.63) is 40.7 Å². The van der Waals surface area contributed by atoms with Gasteiger partial charge in [-0.05, 0) is 13.0 Å². The van der Waals surface area contributed by atoms with Crippen LogP contribution in [0.15, 0.2) is 24.4 Å². The van der Waals surface area contributed by atoms with E-state index in [0.717, 1.165) is 33.5 Å². The Hall–Kier alpha value is -1.79. The molecule has 0 fully saturated rings. The summed E-state index contributed by atoms with van der Waals surface area (Å²) in [6, 6.07) is 6.00. The smallest absolute Gasteiger partial charge is 0.214 e. The summed E-state index contributed by atoms with van der Waals surface area (Å²) in [6.07, 6.45) is 2.81. The molecule has 7 heteroatoms. The van der Waals surface area contributed by atoms with E-state index in [2.05, 4.69) is 15.4 Å². The van der Waals surface area contributed by atoms with Crippen molar-refractivity contribution in [1.29, 1.82) is 0 Å². The van der Waals surface area contributed by atoms with Crippen LogP contribution in [0.3, 0.4) is 0 Å². The van der Waals surface area contributed by atoms with Crippen molar-refractivity contribution in [2.75, 3.05) is 11.9 Å². The molecule has 1 atom stereocenters. The molecule has 0 spiro atoms. The molecule has 0 saturated heterocycles. The van der Waals surface area contributed by atoms with E-state index in [4.69, 9.17) is 16.3 Å². The van der Waals surface area contributed by atoms with E-state index in [0.29, 0.717) is 11.6 Å². The summed E-state index contributed by atoms with van der Waals surface area (Å²) in [5, 5.41) is 9.49. The van der Waals surface area contributed by atoms with E-state index in [1.165, 1.54) is 0 Å². The van der Waals surface area contributed by atoms with E-state index >= 15 is 0 Å². The third-order valence-electron chi connectivity index (χ3n) is 3.49. The fourth-order valence-electron chi connectivity index (χ4n) is 2.55. The number of nitrogens with one attached hydrogen (secondary N) is 1. The van der Waals surface area contributed by atoms with Crippen LogP contribution in [0.5, 0.6) is 5.75 Å². The number of imidazole rings is 1. The quantitative estimate of drug-likeness (QED) is 0.782. The summed E-state index contributed by atoms with van der Waals surface area (Å²) < 4.78 is 7.48. The van der Waals surface area contributed by atoms with Gasteiger partial charge in [0, 0.05) is 12.0 Å². The molecule has 0 aliphatic carbocycles. The Morgan fingerprint density at radius 1 is 1.48 bits per heavy atom. The van der Waals surface area contributed by atoms with Crippen molar-refractivity contribution < 1.29 is 4.74 Å². The zero-order chi connectivity index (χ0) is 14.4. The number of para-hydroxylation sites is 1. The number of benzene rings is 1. The van der Waals surface area contributed by atoms with Crippen LogP contribution in [0.4, 0.5) is 5.13 Å². The zero-order valence-corrected chi connectivity index (χ0v) is 12.9. The number of ether oxygens (including phenoxy) is 1. The molecular formula is C14H13ClN4OS. The van der Waals surface area contributed by atoms with Gasteiger partial charge in [-0.3, -0.25) is 0 Å². The molecule has 1 aliphatic rings. The average Bonchev–Trinajstić information content (AvgIpc) is 2.96. The zero-order valence-electron chi connectivity index (χ0n) is 11.3. The molecule has 0 radical (unpaired) electrons. The fourth-order valence-corrected chi connectivity index (χ4v) is 3.67. The van der Waals surface area contributed by atoms with Crippen molar-refractivity contribution in [2.45, 2.75) is 19.4 Å². The van der Waals surface area contributed by atoms with E-state index in [1.54, 1.807) is 15.9 Å². The first-order valence-electron chi connectivity index (χ1n) is 6.71. The topological polar surface area (TPSA) is 51.5 Å². The first-order chi connectivity index (χ1) is 10.2. The second-order valence-corrected chi connectivity index (χ2v) is 6.37. The van der Waals surface area contributed by atoms with Crippen molar-refractivity contribution in [1.82, 2.24) is 14.6 Å². The number of halogens is 1. The monoisotopic (exact) mass is 320 g/mol. The van der Waals surface area contributed by atoms with Gasteiger partial charge in [0.25, 0.3) is 0 Å². The third kappa shape index (κ3) is 2.24. The Morgan fingerprint density at radius 3 is 3.24 bits per heavy atom. The number of rotatable bonds is 2. The number of anilines is 1. The summed E-state index contributed by atoms with van der Waals surface area (Å²) in [5.74, 6) is 0.778. The highest BCUT2D eigenvalue weighted by Crippen LogP contribution is 2.39. The summed E-state index contributed by atoms with van der Waals surface area (Å²) in [5.41, 5.74) is 2.06. The van der Waals surface area contributed by atoms with Gasteiger partial charge in [0.15, 0.2) is 0 Å². The number of hydrogen-bond acceptors (Lipinski definition) is 5. The molecule has 1 aromatic carbocycles. The Balaban J connectivity index is 1.66. The van der Waals surface area contributed by atoms with Crippen LogP contribution < -0.4 is 10.1 Å². The minimum absolute atomic E-state index is 0.157. The Bertz CT molecular complexity index is 781. The van der Waals surface area contributed by atoms with Crippen LogP contribution in [0.25, 0.3) is 4.96 Å². The average molecular weight is 321 g/mol. The van der Waals surface area contributed by atoms with Gasteiger partial charge in [0.05, 0.1) is 29.6 Å². The standard InChI is InChI=1S/C14H13ClN4OS/c1-8-7-19-14(16-8)21-13(18-19)17-11-5-6-20-12-9(11)3-2-4-10(12)15/h2-4,7,11H,5-6H2,1H3,(H,17,18)/t11-/m0/s1. The van der Waals surface area contributed by atoms with Gasteiger partial charge in [0.1, 0.15) is 5.75 Å². The van der Waals surface area contributed by atoms with E-state index in [9.17, 15) is 0 Å². The highest BCUT2D eigenvalue weighted by molar-refractivity contribution is 7.20. The molecule has 1 aliphatic heterocycles. The normalized spacial score (nSPS) is 17.5. The molecule has 0 unspecified atom stereocenters. The molecule has 21 heavy (non-hydrogen) atoms. The SMILES string of the molecule is Cc1cn2nc(N[C@H]3CCOc4c(Cl)cccc43)sc2n1. The lowest BCUT2D eigenvalue weighted by atomic mass is 10.0. The minimum atomic E-state index is 0.157. The lowest BCUT2D eigenvalue weighted by Crippen LogP contribution is -2.20.